The molecule has 1 N–H and O–H groups in total. The van der Waals surface area contributed by atoms with Gasteiger partial charge in [-0.05, 0) is 25.2 Å². The van der Waals surface area contributed by atoms with Crippen molar-refractivity contribution in [3.05, 3.63) is 22.1 Å². The second-order valence-electron chi connectivity index (χ2n) is 3.35. The molecule has 5 nitrogen and oxygen atoms in total. The third-order valence-corrected chi connectivity index (χ3v) is 2.70. The van der Waals surface area contributed by atoms with E-state index in [2.05, 4.69) is 9.97 Å². The van der Waals surface area contributed by atoms with Crippen molar-refractivity contribution in [2.75, 3.05) is 6.61 Å². The zero-order chi connectivity index (χ0) is 12.4. The van der Waals surface area contributed by atoms with Crippen LogP contribution in [0.5, 0.6) is 0 Å². The van der Waals surface area contributed by atoms with E-state index in [1.165, 1.54) is 6.20 Å². The lowest BCUT2D eigenvalue weighted by atomic mass is 10.4. The molecule has 0 aliphatic carbocycles. The Balaban J connectivity index is 2.43. The van der Waals surface area contributed by atoms with Gasteiger partial charge in [-0.1, -0.05) is 11.6 Å². The maximum absolute atomic E-state index is 11.4. The number of halogens is 1. The first kappa shape index (κ1) is 12.1. The fourth-order valence-electron chi connectivity index (χ4n) is 1.50. The number of rotatable bonds is 3. The van der Waals surface area contributed by atoms with Crippen molar-refractivity contribution in [2.24, 2.45) is 0 Å². The van der Waals surface area contributed by atoms with Crippen molar-refractivity contribution >= 4 is 41.0 Å². The Labute approximate surface area is 107 Å². The number of nitrogens with zero attached hydrogens (tertiary/aromatic N) is 2. The van der Waals surface area contributed by atoms with Crippen LogP contribution < -0.4 is 0 Å². The number of imidazole rings is 1. The molecule has 0 radical (unpaired) electrons. The predicted octanol–water partition coefficient (Wildman–Crippen LogP) is 2.31. The molecule has 0 atom stereocenters. The lowest BCUT2D eigenvalue weighted by molar-refractivity contribution is -0.143. The van der Waals surface area contributed by atoms with Crippen molar-refractivity contribution in [3.8, 4) is 0 Å². The highest BCUT2D eigenvalue weighted by atomic mass is 35.5. The molecule has 0 aliphatic rings. The number of ether oxygens (including phenoxy) is 1. The molecule has 2 aromatic heterocycles. The Morgan fingerprint density at radius 3 is 3.18 bits per heavy atom. The second kappa shape index (κ2) is 4.85. The fourth-order valence-corrected chi connectivity index (χ4v) is 1.92. The molecule has 2 rings (SSSR count). The number of pyridine rings is 1. The number of carbonyl (C=O) groups is 1. The van der Waals surface area contributed by atoms with Gasteiger partial charge in [0.15, 0.2) is 10.4 Å². The number of fused-ring (bicyclic) bond motifs is 1. The standard InChI is InChI=1S/C10H10ClN3O2S/c1-2-16-8(15)5-14-9-7(13-10(14)17)3-6(11)4-12-9/h3-4H,2,5H2,1H3,(H,13,17). The highest BCUT2D eigenvalue weighted by Gasteiger charge is 2.10. The zero-order valence-electron chi connectivity index (χ0n) is 9.07. The van der Waals surface area contributed by atoms with Crippen molar-refractivity contribution < 1.29 is 9.53 Å². The summed E-state index contributed by atoms with van der Waals surface area (Å²) >= 11 is 10.9. The van der Waals surface area contributed by atoms with Gasteiger partial charge >= 0.3 is 5.97 Å². The van der Waals surface area contributed by atoms with Crippen LogP contribution in [0.4, 0.5) is 0 Å². The minimum atomic E-state index is -0.346. The summed E-state index contributed by atoms with van der Waals surface area (Å²) in [5, 5.41) is 0.511. The fraction of sp³-hybridized carbons (Fsp3) is 0.300. The Morgan fingerprint density at radius 2 is 2.47 bits per heavy atom. The van der Waals surface area contributed by atoms with Crippen LogP contribution in [0, 0.1) is 4.77 Å². The second-order valence-corrected chi connectivity index (χ2v) is 4.17. The van der Waals surface area contributed by atoms with Crippen LogP contribution in [-0.2, 0) is 16.1 Å². The van der Waals surface area contributed by atoms with E-state index in [4.69, 9.17) is 28.6 Å². The normalized spacial score (nSPS) is 10.7. The zero-order valence-corrected chi connectivity index (χ0v) is 10.6. The van der Waals surface area contributed by atoms with Gasteiger partial charge in [0.05, 0.1) is 17.1 Å². The monoisotopic (exact) mass is 271 g/mol. The summed E-state index contributed by atoms with van der Waals surface area (Å²) in [6, 6.07) is 1.71. The number of aromatic nitrogens is 3. The quantitative estimate of drug-likeness (QED) is 0.687. The van der Waals surface area contributed by atoms with Crippen molar-refractivity contribution in [1.29, 1.82) is 0 Å². The topological polar surface area (TPSA) is 59.9 Å². The Morgan fingerprint density at radius 1 is 1.71 bits per heavy atom. The molecule has 90 valence electrons. The molecule has 0 aliphatic heterocycles. The number of hydrogen-bond donors (Lipinski definition) is 1. The van der Waals surface area contributed by atoms with E-state index >= 15 is 0 Å². The molecule has 7 heteroatoms. The van der Waals surface area contributed by atoms with Crippen molar-refractivity contribution in [2.45, 2.75) is 13.5 Å². The van der Waals surface area contributed by atoms with Crippen LogP contribution in [0.1, 0.15) is 6.92 Å². The summed E-state index contributed by atoms with van der Waals surface area (Å²) in [7, 11) is 0. The van der Waals surface area contributed by atoms with Gasteiger partial charge in [-0.2, -0.15) is 0 Å². The number of hydrogen-bond acceptors (Lipinski definition) is 4. The van der Waals surface area contributed by atoms with E-state index in [0.717, 1.165) is 0 Å². The Hall–Kier alpha value is -1.40. The summed E-state index contributed by atoms with van der Waals surface area (Å²) in [6.45, 7) is 2.14. The third kappa shape index (κ3) is 2.48. The van der Waals surface area contributed by atoms with Crippen LogP contribution in [0.3, 0.4) is 0 Å². The van der Waals surface area contributed by atoms with E-state index in [9.17, 15) is 4.79 Å². The van der Waals surface area contributed by atoms with E-state index in [1.54, 1.807) is 17.6 Å². The molecule has 0 amide bonds. The van der Waals surface area contributed by atoms with Gasteiger partial charge in [0.1, 0.15) is 6.54 Å². The molecule has 0 saturated carbocycles. The lowest BCUT2D eigenvalue weighted by Gasteiger charge is -2.03. The number of H-pyrrole nitrogens is 1. The van der Waals surface area contributed by atoms with Gasteiger partial charge in [0.2, 0.25) is 0 Å². The number of carbonyl (C=O) groups excluding carboxylic acids is 1. The SMILES string of the molecule is CCOC(=O)Cn1c(=S)[nH]c2cc(Cl)cnc21. The Bertz CT molecular complexity index is 620. The van der Waals surface area contributed by atoms with Crippen LogP contribution in [0.2, 0.25) is 5.02 Å². The number of nitrogens with one attached hydrogen (secondary N) is 1. The van der Waals surface area contributed by atoms with Crippen molar-refractivity contribution in [1.82, 2.24) is 14.5 Å². The first-order chi connectivity index (χ1) is 8.11. The largest absolute Gasteiger partial charge is 0.465 e. The van der Waals surface area contributed by atoms with E-state index in [-0.39, 0.29) is 12.5 Å². The van der Waals surface area contributed by atoms with Gasteiger partial charge in [0.25, 0.3) is 0 Å². The van der Waals surface area contributed by atoms with Gasteiger partial charge in [-0.25, -0.2) is 4.98 Å². The minimum absolute atomic E-state index is 0.0430. The molecule has 2 heterocycles. The average Bonchev–Trinajstić information content (AvgIpc) is 2.55. The number of aromatic amines is 1. The molecule has 0 spiro atoms. The molecular formula is C10H10ClN3O2S. The molecule has 0 fully saturated rings. The average molecular weight is 272 g/mol. The number of esters is 1. The van der Waals surface area contributed by atoms with E-state index in [1.807, 2.05) is 0 Å². The smallest absolute Gasteiger partial charge is 0.326 e. The highest BCUT2D eigenvalue weighted by Crippen LogP contribution is 2.16. The molecule has 0 aromatic carbocycles. The summed E-state index contributed by atoms with van der Waals surface area (Å²) in [5.41, 5.74) is 1.29. The van der Waals surface area contributed by atoms with Crippen LogP contribution in [0.25, 0.3) is 11.2 Å². The summed E-state index contributed by atoms with van der Waals surface area (Å²) in [6.07, 6.45) is 1.51. The van der Waals surface area contributed by atoms with E-state index in [0.29, 0.717) is 27.6 Å². The molecule has 17 heavy (non-hydrogen) atoms. The summed E-state index contributed by atoms with van der Waals surface area (Å²) < 4.78 is 6.87. The minimum Gasteiger partial charge on any atom is -0.465 e. The van der Waals surface area contributed by atoms with Gasteiger partial charge < -0.3 is 9.72 Å². The first-order valence-electron chi connectivity index (χ1n) is 5.01. The molecule has 0 bridgehead atoms. The molecule has 0 unspecified atom stereocenters. The first-order valence-corrected chi connectivity index (χ1v) is 5.80. The third-order valence-electron chi connectivity index (χ3n) is 2.17. The van der Waals surface area contributed by atoms with Crippen LogP contribution in [-0.4, -0.2) is 27.1 Å². The Kier molecular flexibility index (Phi) is 3.44. The van der Waals surface area contributed by atoms with Gasteiger partial charge in [-0.15, -0.1) is 0 Å². The summed E-state index contributed by atoms with van der Waals surface area (Å²) in [5.74, 6) is -0.346. The van der Waals surface area contributed by atoms with Gasteiger partial charge in [0, 0.05) is 6.20 Å². The van der Waals surface area contributed by atoms with Gasteiger partial charge in [-0.3, -0.25) is 9.36 Å². The molecular weight excluding hydrogens is 262 g/mol. The summed E-state index contributed by atoms with van der Waals surface area (Å²) in [4.78, 5) is 18.5. The van der Waals surface area contributed by atoms with Crippen molar-refractivity contribution in [3.63, 3.8) is 0 Å². The predicted molar refractivity (Wildman–Crippen MR) is 66.6 cm³/mol. The molecule has 2 aromatic rings. The maximum Gasteiger partial charge on any atom is 0.326 e. The highest BCUT2D eigenvalue weighted by molar-refractivity contribution is 7.71. The maximum atomic E-state index is 11.4. The molecule has 0 saturated heterocycles. The van der Waals surface area contributed by atoms with Crippen LogP contribution in [0.15, 0.2) is 12.3 Å². The van der Waals surface area contributed by atoms with E-state index < -0.39 is 0 Å². The van der Waals surface area contributed by atoms with Crippen LogP contribution >= 0.6 is 23.8 Å². The lowest BCUT2D eigenvalue weighted by Crippen LogP contribution is -2.13.